The van der Waals surface area contributed by atoms with E-state index >= 15 is 0 Å². The lowest BCUT2D eigenvalue weighted by molar-refractivity contribution is 0.0218. The molecule has 150 valence electrons. The highest BCUT2D eigenvalue weighted by Crippen LogP contribution is 2.28. The molecule has 1 aromatic carbocycles. The topological polar surface area (TPSA) is 47.0 Å². The molecule has 2 aliphatic rings. The van der Waals surface area contributed by atoms with Crippen molar-refractivity contribution in [2.75, 3.05) is 52.9 Å². The highest BCUT2D eigenvalue weighted by Gasteiger charge is 2.35. The Morgan fingerprint density at radius 2 is 1.96 bits per heavy atom. The number of aryl methyl sites for hydroxylation is 1. The fourth-order valence-electron chi connectivity index (χ4n) is 4.44. The summed E-state index contributed by atoms with van der Waals surface area (Å²) in [5, 5.41) is 9.30. The molecule has 2 heterocycles. The maximum absolute atomic E-state index is 13.5. The number of piperidine rings is 1. The van der Waals surface area contributed by atoms with Crippen molar-refractivity contribution in [2.24, 2.45) is 5.92 Å². The maximum atomic E-state index is 13.5. The third-order valence-electron chi connectivity index (χ3n) is 6.13. The SMILES string of the molecule is Cc1cc(C(=O)N2CC[C@H](N3CCN(C)CC3)[C@H](CCCO)C2)ccc1F. The van der Waals surface area contributed by atoms with E-state index in [-0.39, 0.29) is 18.3 Å². The van der Waals surface area contributed by atoms with E-state index < -0.39 is 0 Å². The number of carbonyl (C=O) groups is 1. The van der Waals surface area contributed by atoms with Gasteiger partial charge in [-0.3, -0.25) is 9.69 Å². The zero-order valence-corrected chi connectivity index (χ0v) is 16.5. The summed E-state index contributed by atoms with van der Waals surface area (Å²) < 4.78 is 13.5. The van der Waals surface area contributed by atoms with Gasteiger partial charge in [0, 0.05) is 57.5 Å². The van der Waals surface area contributed by atoms with Crippen molar-refractivity contribution in [1.82, 2.24) is 14.7 Å². The van der Waals surface area contributed by atoms with Crippen LogP contribution in [0.1, 0.15) is 35.2 Å². The number of hydrogen-bond donors (Lipinski definition) is 1. The van der Waals surface area contributed by atoms with Crippen LogP contribution in [0, 0.1) is 18.7 Å². The van der Waals surface area contributed by atoms with Crippen molar-refractivity contribution >= 4 is 5.91 Å². The number of aliphatic hydroxyl groups excluding tert-OH is 1. The van der Waals surface area contributed by atoms with Gasteiger partial charge in [0.15, 0.2) is 0 Å². The van der Waals surface area contributed by atoms with Gasteiger partial charge >= 0.3 is 0 Å². The number of benzene rings is 1. The summed E-state index contributed by atoms with van der Waals surface area (Å²) in [6.07, 6.45) is 2.66. The smallest absolute Gasteiger partial charge is 0.253 e. The molecule has 1 aromatic rings. The summed E-state index contributed by atoms with van der Waals surface area (Å²) >= 11 is 0. The Morgan fingerprint density at radius 1 is 1.22 bits per heavy atom. The second-order valence-corrected chi connectivity index (χ2v) is 8.04. The number of rotatable bonds is 5. The molecule has 27 heavy (non-hydrogen) atoms. The Bertz CT molecular complexity index is 646. The number of likely N-dealkylation sites (tertiary alicyclic amines) is 1. The van der Waals surface area contributed by atoms with Crippen LogP contribution in [-0.4, -0.2) is 84.7 Å². The first kappa shape index (κ1) is 20.2. The van der Waals surface area contributed by atoms with Crippen LogP contribution >= 0.6 is 0 Å². The number of aliphatic hydroxyl groups is 1. The summed E-state index contributed by atoms with van der Waals surface area (Å²) in [7, 11) is 2.16. The van der Waals surface area contributed by atoms with Gasteiger partial charge in [-0.2, -0.15) is 0 Å². The predicted octanol–water partition coefficient (Wildman–Crippen LogP) is 1.98. The van der Waals surface area contributed by atoms with Crippen LogP contribution in [0.3, 0.4) is 0 Å². The molecule has 0 bridgehead atoms. The van der Waals surface area contributed by atoms with E-state index in [4.69, 9.17) is 0 Å². The van der Waals surface area contributed by atoms with Crippen molar-refractivity contribution in [1.29, 1.82) is 0 Å². The van der Waals surface area contributed by atoms with Gasteiger partial charge in [-0.15, -0.1) is 0 Å². The minimum atomic E-state index is -0.277. The maximum Gasteiger partial charge on any atom is 0.253 e. The van der Waals surface area contributed by atoms with Gasteiger partial charge in [0.05, 0.1) is 0 Å². The zero-order chi connectivity index (χ0) is 19.4. The minimum absolute atomic E-state index is 0.0103. The van der Waals surface area contributed by atoms with Gasteiger partial charge in [0.2, 0.25) is 0 Å². The largest absolute Gasteiger partial charge is 0.396 e. The molecule has 0 radical (unpaired) electrons. The molecule has 0 saturated carbocycles. The van der Waals surface area contributed by atoms with E-state index in [1.807, 2.05) is 4.90 Å². The molecule has 5 nitrogen and oxygen atoms in total. The van der Waals surface area contributed by atoms with Crippen LogP contribution in [0.25, 0.3) is 0 Å². The molecule has 0 spiro atoms. The number of nitrogens with zero attached hydrogens (tertiary/aromatic N) is 3. The molecular weight excluding hydrogens is 345 g/mol. The van der Waals surface area contributed by atoms with E-state index in [9.17, 15) is 14.3 Å². The van der Waals surface area contributed by atoms with Crippen LogP contribution in [0.5, 0.6) is 0 Å². The average molecular weight is 378 g/mol. The van der Waals surface area contributed by atoms with Crippen molar-refractivity contribution in [3.05, 3.63) is 35.1 Å². The molecule has 0 aliphatic carbocycles. The van der Waals surface area contributed by atoms with Crippen LogP contribution in [0.2, 0.25) is 0 Å². The number of likely N-dealkylation sites (N-methyl/N-ethyl adjacent to an activating group) is 1. The fourth-order valence-corrected chi connectivity index (χ4v) is 4.44. The molecule has 2 atom stereocenters. The monoisotopic (exact) mass is 377 g/mol. The summed E-state index contributed by atoms with van der Waals surface area (Å²) in [6, 6.07) is 5.08. The standard InChI is InChI=1S/C21H32FN3O2/c1-16-14-17(5-6-19(16)22)21(27)25-8-7-20(18(15-25)4-3-13-26)24-11-9-23(2)10-12-24/h5-6,14,18,20,26H,3-4,7-13,15H2,1-2H3/t18-,20+/m1/s1. The first-order valence-corrected chi connectivity index (χ1v) is 10.1. The minimum Gasteiger partial charge on any atom is -0.396 e. The van der Waals surface area contributed by atoms with E-state index in [2.05, 4.69) is 16.8 Å². The second kappa shape index (κ2) is 9.13. The molecular formula is C21H32FN3O2. The van der Waals surface area contributed by atoms with Crippen LogP contribution in [0.4, 0.5) is 4.39 Å². The predicted molar refractivity (Wildman–Crippen MR) is 104 cm³/mol. The Balaban J connectivity index is 1.69. The Morgan fingerprint density at radius 3 is 2.63 bits per heavy atom. The first-order valence-electron chi connectivity index (χ1n) is 10.1. The molecule has 2 aliphatic heterocycles. The number of amides is 1. The van der Waals surface area contributed by atoms with Crippen molar-refractivity contribution in [3.8, 4) is 0 Å². The van der Waals surface area contributed by atoms with Crippen molar-refractivity contribution in [3.63, 3.8) is 0 Å². The van der Waals surface area contributed by atoms with Crippen molar-refractivity contribution in [2.45, 2.75) is 32.2 Å². The highest BCUT2D eigenvalue weighted by atomic mass is 19.1. The normalized spacial score (nSPS) is 25.0. The average Bonchev–Trinajstić information content (AvgIpc) is 2.68. The van der Waals surface area contributed by atoms with Gasteiger partial charge in [-0.05, 0) is 62.9 Å². The molecule has 0 aromatic heterocycles. The number of hydrogen-bond acceptors (Lipinski definition) is 4. The first-order chi connectivity index (χ1) is 13.0. The lowest BCUT2D eigenvalue weighted by Crippen LogP contribution is -2.56. The molecule has 1 N–H and O–H groups in total. The van der Waals surface area contributed by atoms with E-state index in [1.165, 1.54) is 6.07 Å². The molecule has 2 saturated heterocycles. The van der Waals surface area contributed by atoms with Crippen LogP contribution in [-0.2, 0) is 0 Å². The summed E-state index contributed by atoms with van der Waals surface area (Å²) in [5.74, 6) is 0.0878. The van der Waals surface area contributed by atoms with Crippen LogP contribution in [0.15, 0.2) is 18.2 Å². The second-order valence-electron chi connectivity index (χ2n) is 8.04. The number of halogens is 1. The van der Waals surface area contributed by atoms with E-state index in [0.717, 1.165) is 52.0 Å². The quantitative estimate of drug-likeness (QED) is 0.853. The lowest BCUT2D eigenvalue weighted by atomic mass is 9.86. The lowest BCUT2D eigenvalue weighted by Gasteiger charge is -2.46. The van der Waals surface area contributed by atoms with E-state index in [1.54, 1.807) is 19.1 Å². The van der Waals surface area contributed by atoms with Gasteiger partial charge in [0.1, 0.15) is 5.82 Å². The van der Waals surface area contributed by atoms with Crippen molar-refractivity contribution < 1.29 is 14.3 Å². The molecule has 0 unspecified atom stereocenters. The summed E-state index contributed by atoms with van der Waals surface area (Å²) in [4.78, 5) is 19.8. The Kier molecular flexibility index (Phi) is 6.84. The molecule has 2 fully saturated rings. The van der Waals surface area contributed by atoms with E-state index in [0.29, 0.717) is 29.6 Å². The molecule has 1 amide bonds. The third-order valence-corrected chi connectivity index (χ3v) is 6.13. The zero-order valence-electron chi connectivity index (χ0n) is 16.5. The van der Waals surface area contributed by atoms with Gasteiger partial charge < -0.3 is 14.9 Å². The van der Waals surface area contributed by atoms with Gasteiger partial charge in [0.25, 0.3) is 5.91 Å². The number of piperazine rings is 1. The molecule has 6 heteroatoms. The summed E-state index contributed by atoms with van der Waals surface area (Å²) in [5.41, 5.74) is 1.07. The summed E-state index contributed by atoms with van der Waals surface area (Å²) in [6.45, 7) is 7.65. The van der Waals surface area contributed by atoms with Gasteiger partial charge in [-0.25, -0.2) is 4.39 Å². The van der Waals surface area contributed by atoms with Crippen LogP contribution < -0.4 is 0 Å². The Labute approximate surface area is 161 Å². The molecule has 3 rings (SSSR count). The fraction of sp³-hybridized carbons (Fsp3) is 0.667. The number of carbonyl (C=O) groups excluding carboxylic acids is 1. The Hall–Kier alpha value is -1.50. The van der Waals surface area contributed by atoms with Gasteiger partial charge in [-0.1, -0.05) is 0 Å². The highest BCUT2D eigenvalue weighted by molar-refractivity contribution is 5.94. The third kappa shape index (κ3) is 4.86.